The van der Waals surface area contributed by atoms with Gasteiger partial charge < -0.3 is 14.4 Å². The van der Waals surface area contributed by atoms with Gasteiger partial charge in [-0.15, -0.1) is 0 Å². The minimum Gasteiger partial charge on any atom is -0.497 e. The summed E-state index contributed by atoms with van der Waals surface area (Å²) in [4.78, 5) is 18.6. The maximum atomic E-state index is 13.5. The highest BCUT2D eigenvalue weighted by Crippen LogP contribution is 2.37. The highest BCUT2D eigenvalue weighted by Gasteiger charge is 2.23. The normalized spacial score (nSPS) is 12.8. The van der Waals surface area contributed by atoms with Crippen molar-refractivity contribution in [2.24, 2.45) is 0 Å². The quantitative estimate of drug-likeness (QED) is 0.415. The van der Waals surface area contributed by atoms with Crippen molar-refractivity contribution in [1.82, 2.24) is 4.98 Å². The summed E-state index contributed by atoms with van der Waals surface area (Å²) in [7, 11) is 3.37. The summed E-state index contributed by atoms with van der Waals surface area (Å²) in [5.41, 5.74) is 5.76. The largest absolute Gasteiger partial charge is 0.497 e. The molecule has 5 rings (SSSR count). The van der Waals surface area contributed by atoms with Gasteiger partial charge in [0.2, 0.25) is 0 Å². The van der Waals surface area contributed by atoms with Gasteiger partial charge >= 0.3 is 0 Å². The van der Waals surface area contributed by atoms with Crippen molar-refractivity contribution < 1.29 is 18.7 Å². The number of aromatic nitrogens is 1. The fraction of sp³-hybridized carbons (Fsp3) is 0.111. The average Bonchev–Trinajstić information content (AvgIpc) is 2.86. The highest BCUT2D eigenvalue weighted by molar-refractivity contribution is 5.98. The first-order valence-electron chi connectivity index (χ1n) is 10.5. The van der Waals surface area contributed by atoms with Crippen molar-refractivity contribution in [3.63, 3.8) is 0 Å². The summed E-state index contributed by atoms with van der Waals surface area (Å²) in [6, 6.07) is 23.7. The smallest absolute Gasteiger partial charge is 0.264 e. The van der Waals surface area contributed by atoms with Gasteiger partial charge in [0.25, 0.3) is 5.91 Å². The molecule has 2 heterocycles. The number of methoxy groups -OCH3 is 1. The van der Waals surface area contributed by atoms with Crippen molar-refractivity contribution >= 4 is 11.6 Å². The van der Waals surface area contributed by atoms with E-state index in [1.165, 1.54) is 12.1 Å². The summed E-state index contributed by atoms with van der Waals surface area (Å²) in [6.07, 6.45) is 0. The summed E-state index contributed by atoms with van der Waals surface area (Å²) in [5, 5.41) is 0. The number of rotatable bonds is 4. The maximum Gasteiger partial charge on any atom is 0.264 e. The molecule has 0 aliphatic carbocycles. The molecule has 6 heteroatoms. The number of carbonyl (C=O) groups is 1. The second-order valence-electron chi connectivity index (χ2n) is 7.79. The molecule has 1 aromatic heterocycles. The first kappa shape index (κ1) is 20.7. The molecule has 0 N–H and O–H groups in total. The van der Waals surface area contributed by atoms with Gasteiger partial charge in [0, 0.05) is 18.2 Å². The number of nitrogens with zero attached hydrogens (tertiary/aromatic N) is 2. The van der Waals surface area contributed by atoms with Gasteiger partial charge in [-0.1, -0.05) is 12.1 Å². The monoisotopic (exact) mass is 440 g/mol. The lowest BCUT2D eigenvalue weighted by Gasteiger charge is -2.26. The zero-order valence-electron chi connectivity index (χ0n) is 18.2. The molecule has 5 nitrogen and oxygen atoms in total. The van der Waals surface area contributed by atoms with Crippen LogP contribution in [-0.4, -0.2) is 31.7 Å². The Labute approximate surface area is 191 Å². The van der Waals surface area contributed by atoms with E-state index < -0.39 is 0 Å². The Morgan fingerprint density at radius 3 is 2.18 bits per heavy atom. The molecule has 1 aliphatic rings. The van der Waals surface area contributed by atoms with Crippen molar-refractivity contribution in [3.05, 3.63) is 84.7 Å². The molecule has 0 spiro atoms. The Morgan fingerprint density at radius 2 is 1.48 bits per heavy atom. The molecule has 4 aromatic rings. The highest BCUT2D eigenvalue weighted by atomic mass is 19.1. The van der Waals surface area contributed by atoms with Crippen LogP contribution in [0.25, 0.3) is 33.6 Å². The molecule has 0 saturated heterocycles. The van der Waals surface area contributed by atoms with Gasteiger partial charge in [-0.05, 0) is 77.9 Å². The number of hydrogen-bond acceptors (Lipinski definition) is 4. The van der Waals surface area contributed by atoms with Crippen LogP contribution in [0.15, 0.2) is 78.9 Å². The van der Waals surface area contributed by atoms with Gasteiger partial charge in [0.1, 0.15) is 17.3 Å². The number of benzene rings is 3. The van der Waals surface area contributed by atoms with Crippen LogP contribution < -0.4 is 14.4 Å². The fourth-order valence-corrected chi connectivity index (χ4v) is 3.83. The summed E-state index contributed by atoms with van der Waals surface area (Å²) in [6.45, 7) is 0.0305. The number of amides is 1. The lowest BCUT2D eigenvalue weighted by atomic mass is 9.99. The van der Waals surface area contributed by atoms with E-state index in [2.05, 4.69) is 0 Å². The minimum absolute atomic E-state index is 0.0305. The van der Waals surface area contributed by atoms with E-state index in [1.54, 1.807) is 31.2 Å². The molecular weight excluding hydrogens is 419 g/mol. The third-order valence-corrected chi connectivity index (χ3v) is 5.73. The van der Waals surface area contributed by atoms with Crippen LogP contribution in [0.2, 0.25) is 0 Å². The predicted molar refractivity (Wildman–Crippen MR) is 126 cm³/mol. The number of carbonyl (C=O) groups excluding carboxylic acids is 1. The molecule has 3 aromatic carbocycles. The van der Waals surface area contributed by atoms with Gasteiger partial charge in [-0.2, -0.15) is 0 Å². The number of anilines is 1. The van der Waals surface area contributed by atoms with Crippen molar-refractivity contribution in [2.75, 3.05) is 25.7 Å². The second-order valence-corrected chi connectivity index (χ2v) is 7.79. The molecule has 1 amide bonds. The van der Waals surface area contributed by atoms with E-state index in [0.29, 0.717) is 11.4 Å². The summed E-state index contributed by atoms with van der Waals surface area (Å²) < 4.78 is 24.4. The minimum atomic E-state index is -0.298. The third kappa shape index (κ3) is 4.03. The first-order chi connectivity index (χ1) is 16.0. The summed E-state index contributed by atoms with van der Waals surface area (Å²) >= 11 is 0. The molecule has 0 atom stereocenters. The van der Waals surface area contributed by atoms with E-state index in [4.69, 9.17) is 14.5 Å². The fourth-order valence-electron chi connectivity index (χ4n) is 3.83. The number of fused-ring (bicyclic) bond motifs is 1. The van der Waals surface area contributed by atoms with Crippen LogP contribution in [0, 0.1) is 5.82 Å². The van der Waals surface area contributed by atoms with E-state index in [1.807, 2.05) is 54.6 Å². The molecule has 0 unspecified atom stereocenters. The topological polar surface area (TPSA) is 51.7 Å². The van der Waals surface area contributed by atoms with Crippen molar-refractivity contribution in [1.29, 1.82) is 0 Å². The number of halogens is 1. The zero-order chi connectivity index (χ0) is 22.9. The van der Waals surface area contributed by atoms with Crippen LogP contribution in [0.3, 0.4) is 0 Å². The Hall–Kier alpha value is -4.19. The lowest BCUT2D eigenvalue weighted by molar-refractivity contribution is -0.120. The zero-order valence-corrected chi connectivity index (χ0v) is 18.2. The lowest BCUT2D eigenvalue weighted by Crippen LogP contribution is -2.35. The molecule has 0 radical (unpaired) electrons. The number of ether oxygens (including phenoxy) is 2. The average molecular weight is 440 g/mol. The van der Waals surface area contributed by atoms with E-state index in [0.717, 1.165) is 39.4 Å². The molecule has 33 heavy (non-hydrogen) atoms. The van der Waals surface area contributed by atoms with Crippen LogP contribution in [0.5, 0.6) is 11.5 Å². The third-order valence-electron chi connectivity index (χ3n) is 5.73. The van der Waals surface area contributed by atoms with Crippen molar-refractivity contribution in [3.8, 4) is 45.1 Å². The van der Waals surface area contributed by atoms with E-state index >= 15 is 0 Å². The standard InChI is InChI=1S/C27H21FN2O3/c1-30-25-15-19(7-12-26(25)33-16-27(30)31)24-14-20(17-5-10-22(32-2)11-6-17)13-23(29-24)18-3-8-21(28)9-4-18/h3-15H,16H2,1-2H3. The molecule has 1 aliphatic heterocycles. The van der Waals surface area contributed by atoms with Crippen LogP contribution >= 0.6 is 0 Å². The number of hydrogen-bond donors (Lipinski definition) is 0. The Morgan fingerprint density at radius 1 is 0.848 bits per heavy atom. The van der Waals surface area contributed by atoms with Crippen LogP contribution in [0.4, 0.5) is 10.1 Å². The Balaban J connectivity index is 1.65. The number of pyridine rings is 1. The molecule has 164 valence electrons. The van der Waals surface area contributed by atoms with Crippen LogP contribution in [-0.2, 0) is 4.79 Å². The second kappa shape index (κ2) is 8.39. The van der Waals surface area contributed by atoms with Gasteiger partial charge in [-0.25, -0.2) is 9.37 Å². The van der Waals surface area contributed by atoms with Crippen molar-refractivity contribution in [2.45, 2.75) is 0 Å². The van der Waals surface area contributed by atoms with Crippen LogP contribution in [0.1, 0.15) is 0 Å². The Kier molecular flexibility index (Phi) is 5.26. The predicted octanol–water partition coefficient (Wildman–Crippen LogP) is 5.59. The summed E-state index contributed by atoms with van der Waals surface area (Å²) in [5.74, 6) is 1.03. The van der Waals surface area contributed by atoms with Gasteiger partial charge in [-0.3, -0.25) is 4.79 Å². The van der Waals surface area contributed by atoms with E-state index in [9.17, 15) is 9.18 Å². The van der Waals surface area contributed by atoms with Gasteiger partial charge in [0.15, 0.2) is 6.61 Å². The van der Waals surface area contributed by atoms with Gasteiger partial charge in [0.05, 0.1) is 24.2 Å². The van der Waals surface area contributed by atoms with E-state index in [-0.39, 0.29) is 18.3 Å². The molecule has 0 bridgehead atoms. The maximum absolute atomic E-state index is 13.5. The molecule has 0 fully saturated rings. The molecular formula is C27H21FN2O3. The first-order valence-corrected chi connectivity index (χ1v) is 10.5. The number of likely N-dealkylation sites (N-methyl/N-ethyl adjacent to an activating group) is 1. The SMILES string of the molecule is COc1ccc(-c2cc(-c3ccc(F)cc3)nc(-c3ccc4c(c3)N(C)C(=O)CO4)c2)cc1. The Bertz CT molecular complexity index is 1330. The molecule has 0 saturated carbocycles.